The third-order valence-electron chi connectivity index (χ3n) is 2.35. The molecule has 0 aliphatic carbocycles. The van der Waals surface area contributed by atoms with Gasteiger partial charge in [-0.1, -0.05) is 13.8 Å². The van der Waals surface area contributed by atoms with E-state index in [0.717, 1.165) is 18.9 Å². The van der Waals surface area contributed by atoms with Crippen LogP contribution in [0.1, 0.15) is 20.8 Å². The van der Waals surface area contributed by atoms with Gasteiger partial charge in [0, 0.05) is 6.54 Å². The third-order valence-corrected chi connectivity index (χ3v) is 2.35. The molecule has 4 heteroatoms. The molecule has 0 amide bonds. The zero-order chi connectivity index (χ0) is 10.1. The molecule has 2 aliphatic rings. The lowest BCUT2D eigenvalue weighted by atomic mass is 10.2. The normalized spacial score (nSPS) is 25.1. The maximum Gasteiger partial charge on any atom is 0.130 e. The predicted molar refractivity (Wildman–Crippen MR) is 57.7 cm³/mol. The molecule has 14 heavy (non-hydrogen) atoms. The fourth-order valence-corrected chi connectivity index (χ4v) is 1.87. The molecule has 2 rings (SSSR count). The van der Waals surface area contributed by atoms with Crippen LogP contribution >= 0.6 is 0 Å². The highest BCUT2D eigenvalue weighted by molar-refractivity contribution is 5.80. The van der Waals surface area contributed by atoms with Crippen molar-refractivity contribution in [3.05, 3.63) is 11.5 Å². The van der Waals surface area contributed by atoms with Gasteiger partial charge in [-0.05, 0) is 12.8 Å². The van der Waals surface area contributed by atoms with E-state index in [1.165, 1.54) is 5.82 Å². The zero-order valence-electron chi connectivity index (χ0n) is 9.04. The molecule has 0 saturated carbocycles. The van der Waals surface area contributed by atoms with E-state index in [2.05, 4.69) is 41.3 Å². The van der Waals surface area contributed by atoms with Crippen molar-refractivity contribution in [3.8, 4) is 0 Å². The largest absolute Gasteiger partial charge is 0.361 e. The van der Waals surface area contributed by atoms with Gasteiger partial charge < -0.3 is 15.5 Å². The summed E-state index contributed by atoms with van der Waals surface area (Å²) in [6, 6.07) is 0. The van der Waals surface area contributed by atoms with E-state index in [9.17, 15) is 0 Å². The minimum atomic E-state index is 0.319. The summed E-state index contributed by atoms with van der Waals surface area (Å²) in [5, 5.41) is 6.75. The number of aliphatic imine (C=N–C) groups is 1. The van der Waals surface area contributed by atoms with Crippen molar-refractivity contribution in [2.75, 3.05) is 13.2 Å². The summed E-state index contributed by atoms with van der Waals surface area (Å²) in [4.78, 5) is 6.62. The Morgan fingerprint density at radius 3 is 3.07 bits per heavy atom. The van der Waals surface area contributed by atoms with Gasteiger partial charge in [-0.25, -0.2) is 0 Å². The van der Waals surface area contributed by atoms with Crippen molar-refractivity contribution in [1.82, 2.24) is 15.5 Å². The van der Waals surface area contributed by atoms with Crippen molar-refractivity contribution in [2.45, 2.75) is 26.9 Å². The van der Waals surface area contributed by atoms with E-state index >= 15 is 0 Å². The van der Waals surface area contributed by atoms with Crippen LogP contribution in [0, 0.1) is 5.92 Å². The highest BCUT2D eigenvalue weighted by atomic mass is 15.4. The fraction of sp³-hybridized carbons (Fsp3) is 0.700. The maximum absolute atomic E-state index is 4.33. The summed E-state index contributed by atoms with van der Waals surface area (Å²) in [7, 11) is 0. The van der Waals surface area contributed by atoms with Crippen LogP contribution in [0.15, 0.2) is 16.5 Å². The topological polar surface area (TPSA) is 39.7 Å². The molecule has 0 saturated heterocycles. The van der Waals surface area contributed by atoms with Crippen LogP contribution in [0.5, 0.6) is 0 Å². The number of nitrogens with one attached hydrogen (secondary N) is 2. The zero-order valence-corrected chi connectivity index (χ0v) is 9.04. The molecule has 0 aromatic heterocycles. The van der Waals surface area contributed by atoms with Gasteiger partial charge in [-0.3, -0.25) is 4.99 Å². The maximum atomic E-state index is 4.33. The predicted octanol–water partition coefficient (Wildman–Crippen LogP) is 0.694. The molecular formula is C10H18N4. The summed E-state index contributed by atoms with van der Waals surface area (Å²) < 4.78 is 0. The molecule has 2 aliphatic heterocycles. The SMILES string of the molecule is CC(C)CN1CN=CC2=C1NC(C)N2. The molecule has 1 unspecified atom stereocenters. The third kappa shape index (κ3) is 1.69. The van der Waals surface area contributed by atoms with Gasteiger partial charge in [0.1, 0.15) is 12.5 Å². The summed E-state index contributed by atoms with van der Waals surface area (Å²) >= 11 is 0. The van der Waals surface area contributed by atoms with Gasteiger partial charge in [0.2, 0.25) is 0 Å². The molecule has 1 atom stereocenters. The van der Waals surface area contributed by atoms with Crippen LogP contribution in [0.2, 0.25) is 0 Å². The molecular weight excluding hydrogens is 176 g/mol. The summed E-state index contributed by atoms with van der Waals surface area (Å²) in [6.45, 7) is 8.39. The highest BCUT2D eigenvalue weighted by Gasteiger charge is 2.25. The monoisotopic (exact) mass is 194 g/mol. The first kappa shape index (κ1) is 9.37. The van der Waals surface area contributed by atoms with Gasteiger partial charge >= 0.3 is 0 Å². The lowest BCUT2D eigenvalue weighted by molar-refractivity contribution is 0.291. The molecule has 0 bridgehead atoms. The minimum Gasteiger partial charge on any atom is -0.361 e. The average molecular weight is 194 g/mol. The molecule has 4 nitrogen and oxygen atoms in total. The van der Waals surface area contributed by atoms with Crippen LogP contribution in [0.4, 0.5) is 0 Å². The van der Waals surface area contributed by atoms with Gasteiger partial charge in [0.15, 0.2) is 0 Å². The Balaban J connectivity index is 2.10. The average Bonchev–Trinajstić information content (AvgIpc) is 2.45. The van der Waals surface area contributed by atoms with E-state index in [1.807, 2.05) is 6.21 Å². The van der Waals surface area contributed by atoms with Crippen molar-refractivity contribution in [2.24, 2.45) is 10.9 Å². The number of allylic oxidation sites excluding steroid dienone is 1. The van der Waals surface area contributed by atoms with Crippen molar-refractivity contribution >= 4 is 6.21 Å². The van der Waals surface area contributed by atoms with Crippen molar-refractivity contribution in [3.63, 3.8) is 0 Å². The quantitative estimate of drug-likeness (QED) is 0.679. The molecule has 2 N–H and O–H groups in total. The Labute approximate surface area is 85.1 Å². The van der Waals surface area contributed by atoms with Gasteiger partial charge in [-0.15, -0.1) is 0 Å². The van der Waals surface area contributed by atoms with Crippen LogP contribution in [-0.4, -0.2) is 30.5 Å². The molecule has 0 radical (unpaired) electrons. The van der Waals surface area contributed by atoms with E-state index in [-0.39, 0.29) is 0 Å². The Morgan fingerprint density at radius 2 is 2.36 bits per heavy atom. The Bertz CT molecular complexity index is 280. The Hall–Kier alpha value is -1.19. The molecule has 2 heterocycles. The lowest BCUT2D eigenvalue weighted by Gasteiger charge is -2.28. The lowest BCUT2D eigenvalue weighted by Crippen LogP contribution is -2.37. The first-order chi connectivity index (χ1) is 6.66. The second-order valence-electron chi connectivity index (χ2n) is 4.34. The smallest absolute Gasteiger partial charge is 0.130 e. The Morgan fingerprint density at radius 1 is 1.57 bits per heavy atom. The van der Waals surface area contributed by atoms with E-state index in [4.69, 9.17) is 0 Å². The standard InChI is InChI=1S/C10H18N4/c1-7(2)5-14-6-11-4-9-10(14)13-8(3)12-9/h4,7-8,12-13H,5-6H2,1-3H3. The highest BCUT2D eigenvalue weighted by Crippen LogP contribution is 2.16. The number of rotatable bonds is 2. The second-order valence-corrected chi connectivity index (χ2v) is 4.34. The van der Waals surface area contributed by atoms with Crippen LogP contribution < -0.4 is 10.6 Å². The Kier molecular flexibility index (Phi) is 2.35. The molecule has 78 valence electrons. The van der Waals surface area contributed by atoms with Gasteiger partial charge in [0.25, 0.3) is 0 Å². The van der Waals surface area contributed by atoms with E-state index in [1.54, 1.807) is 0 Å². The summed E-state index contributed by atoms with van der Waals surface area (Å²) in [5.74, 6) is 1.87. The second kappa shape index (κ2) is 3.52. The molecule has 0 aromatic carbocycles. The van der Waals surface area contributed by atoms with Crippen molar-refractivity contribution < 1.29 is 0 Å². The van der Waals surface area contributed by atoms with Crippen LogP contribution in [-0.2, 0) is 0 Å². The minimum absolute atomic E-state index is 0.319. The van der Waals surface area contributed by atoms with Gasteiger partial charge in [-0.2, -0.15) is 0 Å². The fourth-order valence-electron chi connectivity index (χ4n) is 1.87. The molecule has 0 spiro atoms. The van der Waals surface area contributed by atoms with Gasteiger partial charge in [0.05, 0.1) is 18.1 Å². The first-order valence-corrected chi connectivity index (χ1v) is 5.19. The molecule has 0 aromatic rings. The van der Waals surface area contributed by atoms with E-state index < -0.39 is 0 Å². The number of hydrogen-bond acceptors (Lipinski definition) is 4. The summed E-state index contributed by atoms with van der Waals surface area (Å²) in [5.41, 5.74) is 1.13. The van der Waals surface area contributed by atoms with Crippen molar-refractivity contribution in [1.29, 1.82) is 0 Å². The van der Waals surface area contributed by atoms with E-state index in [0.29, 0.717) is 12.1 Å². The van der Waals surface area contributed by atoms with Crippen LogP contribution in [0.25, 0.3) is 0 Å². The number of hydrogen-bond donors (Lipinski definition) is 2. The summed E-state index contributed by atoms with van der Waals surface area (Å²) in [6.07, 6.45) is 2.24. The number of nitrogens with zero attached hydrogens (tertiary/aromatic N) is 2. The van der Waals surface area contributed by atoms with Crippen LogP contribution in [0.3, 0.4) is 0 Å². The first-order valence-electron chi connectivity index (χ1n) is 5.19. The molecule has 0 fully saturated rings.